The molecule has 1 rings (SSSR count). The fourth-order valence-corrected chi connectivity index (χ4v) is 0.451. The summed E-state index contributed by atoms with van der Waals surface area (Å²) < 4.78 is 0. The summed E-state index contributed by atoms with van der Waals surface area (Å²) in [5.74, 6) is 0.268. The normalized spacial score (nSPS) is 15.3. The lowest BCUT2D eigenvalue weighted by Gasteiger charge is -2.08. The van der Waals surface area contributed by atoms with Gasteiger partial charge >= 0.3 is 0 Å². The summed E-state index contributed by atoms with van der Waals surface area (Å²) in [5.41, 5.74) is 7.53. The molecule has 0 radical (unpaired) electrons. The molecule has 0 atom stereocenters. The van der Waals surface area contributed by atoms with Gasteiger partial charge in [0.2, 0.25) is 0 Å². The van der Waals surface area contributed by atoms with Crippen molar-refractivity contribution in [1.29, 1.82) is 5.41 Å². The Labute approximate surface area is 52.5 Å². The van der Waals surface area contributed by atoms with E-state index in [1.807, 2.05) is 0 Å². The van der Waals surface area contributed by atoms with E-state index in [1.165, 1.54) is 0 Å². The predicted molar refractivity (Wildman–Crippen MR) is 33.4 cm³/mol. The minimum absolute atomic E-state index is 0.0770. The van der Waals surface area contributed by atoms with Crippen LogP contribution in [0.1, 0.15) is 0 Å². The van der Waals surface area contributed by atoms with Crippen LogP contribution in [-0.2, 0) is 4.84 Å². The van der Waals surface area contributed by atoms with Crippen molar-refractivity contribution < 1.29 is 4.84 Å². The van der Waals surface area contributed by atoms with Crippen molar-refractivity contribution in [3.05, 3.63) is 24.1 Å². The van der Waals surface area contributed by atoms with Crippen molar-refractivity contribution in [3.8, 4) is 0 Å². The molecule has 1 aliphatic heterocycles. The highest BCUT2D eigenvalue weighted by Gasteiger charge is 2.01. The Morgan fingerprint density at radius 3 is 2.89 bits per heavy atom. The summed E-state index contributed by atoms with van der Waals surface area (Å²) in [6.45, 7) is 0. The zero-order valence-electron chi connectivity index (χ0n) is 4.72. The Balaban J connectivity index is 2.68. The van der Waals surface area contributed by atoms with E-state index in [1.54, 1.807) is 18.4 Å². The largest absolute Gasteiger partial charge is 0.381 e. The van der Waals surface area contributed by atoms with Gasteiger partial charge in [0, 0.05) is 6.20 Å². The maximum absolute atomic E-state index is 6.90. The highest BCUT2D eigenvalue weighted by Crippen LogP contribution is 1.97. The van der Waals surface area contributed by atoms with Gasteiger partial charge in [-0.3, -0.25) is 5.41 Å². The Bertz CT molecular complexity index is 183. The van der Waals surface area contributed by atoms with Gasteiger partial charge in [-0.05, 0) is 12.2 Å². The maximum Gasteiger partial charge on any atom is 0.196 e. The summed E-state index contributed by atoms with van der Waals surface area (Å²) in [4.78, 5) is 4.71. The highest BCUT2D eigenvalue weighted by atomic mass is 16.6. The number of hydrogen-bond donors (Lipinski definition) is 3. The minimum Gasteiger partial charge on any atom is -0.381 e. The zero-order chi connectivity index (χ0) is 6.69. The molecule has 0 saturated heterocycles. The van der Waals surface area contributed by atoms with Crippen LogP contribution in [0.15, 0.2) is 24.1 Å². The lowest BCUT2D eigenvalue weighted by atomic mass is 10.4. The molecule has 48 valence electrons. The summed E-state index contributed by atoms with van der Waals surface area (Å²) >= 11 is 0. The fraction of sp³-hybridized carbons (Fsp3) is 0. The molecular formula is C5H7N3O. The molecule has 0 aromatic heterocycles. The summed E-state index contributed by atoms with van der Waals surface area (Å²) in [5, 5.41) is 6.90. The highest BCUT2D eigenvalue weighted by molar-refractivity contribution is 5.92. The zero-order valence-corrected chi connectivity index (χ0v) is 4.72. The lowest BCUT2D eigenvalue weighted by molar-refractivity contribution is 0.154. The first kappa shape index (κ1) is 5.68. The SMILES string of the molecule is N=C(N)C1=CC=CNO1. The van der Waals surface area contributed by atoms with Gasteiger partial charge in [-0.1, -0.05) is 0 Å². The molecule has 1 heterocycles. The third-order valence-electron chi connectivity index (χ3n) is 0.846. The van der Waals surface area contributed by atoms with Crippen LogP contribution in [-0.4, -0.2) is 5.84 Å². The molecule has 0 bridgehead atoms. The van der Waals surface area contributed by atoms with Crippen LogP contribution in [0.2, 0.25) is 0 Å². The second kappa shape index (κ2) is 2.21. The predicted octanol–water partition coefficient (Wildman–Crippen LogP) is -0.145. The number of hydroxylamine groups is 1. The fourth-order valence-electron chi connectivity index (χ4n) is 0.451. The van der Waals surface area contributed by atoms with E-state index >= 15 is 0 Å². The molecule has 0 aromatic carbocycles. The molecule has 1 aliphatic rings. The maximum atomic E-state index is 6.90. The molecule has 0 aromatic rings. The molecule has 9 heavy (non-hydrogen) atoms. The monoisotopic (exact) mass is 125 g/mol. The molecule has 0 amide bonds. The topological polar surface area (TPSA) is 71.1 Å². The summed E-state index contributed by atoms with van der Waals surface area (Å²) in [6.07, 6.45) is 4.92. The molecule has 4 nitrogen and oxygen atoms in total. The van der Waals surface area contributed by atoms with Gasteiger partial charge in [0.25, 0.3) is 0 Å². The molecule has 0 fully saturated rings. The number of hydrogen-bond acceptors (Lipinski definition) is 3. The van der Waals surface area contributed by atoms with Gasteiger partial charge < -0.3 is 10.6 Å². The first-order valence-electron chi connectivity index (χ1n) is 2.44. The summed E-state index contributed by atoms with van der Waals surface area (Å²) in [7, 11) is 0. The molecule has 0 saturated carbocycles. The van der Waals surface area contributed by atoms with E-state index in [2.05, 4.69) is 5.48 Å². The van der Waals surface area contributed by atoms with Gasteiger partial charge in [-0.25, -0.2) is 5.48 Å². The average Bonchev–Trinajstić information content (AvgIpc) is 1.90. The quantitative estimate of drug-likeness (QED) is 0.337. The van der Waals surface area contributed by atoms with Gasteiger partial charge in [0.15, 0.2) is 11.6 Å². The molecule has 4 N–H and O–H groups in total. The third kappa shape index (κ3) is 1.22. The number of allylic oxidation sites excluding steroid dienone is 2. The average molecular weight is 125 g/mol. The van der Waals surface area contributed by atoms with Gasteiger partial charge in [-0.15, -0.1) is 0 Å². The van der Waals surface area contributed by atoms with Gasteiger partial charge in [0.05, 0.1) is 0 Å². The second-order valence-corrected chi connectivity index (χ2v) is 1.52. The van der Waals surface area contributed by atoms with Crippen molar-refractivity contribution in [3.63, 3.8) is 0 Å². The van der Waals surface area contributed by atoms with Crippen molar-refractivity contribution in [2.75, 3.05) is 0 Å². The Morgan fingerprint density at radius 1 is 1.78 bits per heavy atom. The van der Waals surface area contributed by atoms with Crippen LogP contribution in [0.3, 0.4) is 0 Å². The molecule has 0 aliphatic carbocycles. The minimum atomic E-state index is -0.0770. The Hall–Kier alpha value is -1.45. The van der Waals surface area contributed by atoms with Crippen molar-refractivity contribution in [1.82, 2.24) is 5.48 Å². The first-order chi connectivity index (χ1) is 4.30. The van der Waals surface area contributed by atoms with Crippen LogP contribution >= 0.6 is 0 Å². The Morgan fingerprint density at radius 2 is 2.56 bits per heavy atom. The molecule has 4 heteroatoms. The van der Waals surface area contributed by atoms with E-state index in [-0.39, 0.29) is 5.84 Å². The molecule has 0 unspecified atom stereocenters. The van der Waals surface area contributed by atoms with Crippen molar-refractivity contribution in [2.24, 2.45) is 5.73 Å². The Kier molecular flexibility index (Phi) is 1.40. The summed E-state index contributed by atoms with van der Waals surface area (Å²) in [6, 6.07) is 0. The third-order valence-corrected chi connectivity index (χ3v) is 0.846. The van der Waals surface area contributed by atoms with E-state index in [9.17, 15) is 0 Å². The number of amidine groups is 1. The van der Waals surface area contributed by atoms with Crippen molar-refractivity contribution in [2.45, 2.75) is 0 Å². The van der Waals surface area contributed by atoms with Gasteiger partial charge in [0.1, 0.15) is 0 Å². The van der Waals surface area contributed by atoms with E-state index in [4.69, 9.17) is 16.0 Å². The second-order valence-electron chi connectivity index (χ2n) is 1.52. The van der Waals surface area contributed by atoms with Gasteiger partial charge in [-0.2, -0.15) is 0 Å². The lowest BCUT2D eigenvalue weighted by Crippen LogP contribution is -2.21. The smallest absolute Gasteiger partial charge is 0.196 e. The molecular weight excluding hydrogens is 118 g/mol. The standard InChI is InChI=1S/C5H7N3O/c6-5(7)4-2-1-3-8-9-4/h1-3,8H,(H3,6,7). The van der Waals surface area contributed by atoms with E-state index in [0.29, 0.717) is 5.76 Å². The van der Waals surface area contributed by atoms with E-state index < -0.39 is 0 Å². The van der Waals surface area contributed by atoms with Crippen LogP contribution in [0.4, 0.5) is 0 Å². The number of rotatable bonds is 1. The van der Waals surface area contributed by atoms with Crippen molar-refractivity contribution >= 4 is 5.84 Å². The number of nitrogens with one attached hydrogen (secondary N) is 2. The molecule has 0 spiro atoms. The first-order valence-corrected chi connectivity index (χ1v) is 2.44. The van der Waals surface area contributed by atoms with Crippen LogP contribution in [0, 0.1) is 5.41 Å². The number of nitrogens with two attached hydrogens (primary N) is 1. The van der Waals surface area contributed by atoms with Crippen LogP contribution < -0.4 is 11.2 Å². The van der Waals surface area contributed by atoms with Crippen LogP contribution in [0.25, 0.3) is 0 Å². The van der Waals surface area contributed by atoms with Crippen LogP contribution in [0.5, 0.6) is 0 Å². The van der Waals surface area contributed by atoms with E-state index in [0.717, 1.165) is 0 Å².